The van der Waals surface area contributed by atoms with Crippen molar-refractivity contribution in [2.45, 2.75) is 13.5 Å². The first-order chi connectivity index (χ1) is 8.72. The average Bonchev–Trinajstić information content (AvgIpc) is 2.74. The predicted molar refractivity (Wildman–Crippen MR) is 75.8 cm³/mol. The summed E-state index contributed by atoms with van der Waals surface area (Å²) in [6.07, 6.45) is 2.17. The number of likely N-dealkylation sites (N-methyl/N-ethyl adjacent to an activating group) is 1. The van der Waals surface area contributed by atoms with Gasteiger partial charge in [-0.3, -0.25) is 4.90 Å². The molecule has 2 heterocycles. The number of hydrogen-bond acceptors (Lipinski definition) is 2. The maximum absolute atomic E-state index is 3.39. The molecule has 96 valence electrons. The highest BCUT2D eigenvalue weighted by Crippen LogP contribution is 2.21. The Morgan fingerprint density at radius 3 is 2.72 bits per heavy atom. The van der Waals surface area contributed by atoms with Crippen LogP contribution in [0.5, 0.6) is 0 Å². The Labute approximate surface area is 108 Å². The zero-order valence-electron chi connectivity index (χ0n) is 11.2. The summed E-state index contributed by atoms with van der Waals surface area (Å²) < 4.78 is 0. The fourth-order valence-corrected chi connectivity index (χ4v) is 2.68. The molecule has 0 bridgehead atoms. The lowest BCUT2D eigenvalue weighted by Crippen LogP contribution is -2.43. The van der Waals surface area contributed by atoms with Crippen LogP contribution in [0.3, 0.4) is 0 Å². The number of H-pyrrole nitrogens is 1. The molecule has 3 heteroatoms. The van der Waals surface area contributed by atoms with E-state index in [2.05, 4.69) is 53.2 Å². The van der Waals surface area contributed by atoms with E-state index in [9.17, 15) is 0 Å². The molecule has 0 unspecified atom stereocenters. The molecule has 0 amide bonds. The molecular formula is C15H21N3. The van der Waals surface area contributed by atoms with Crippen molar-refractivity contribution in [1.82, 2.24) is 14.8 Å². The van der Waals surface area contributed by atoms with Gasteiger partial charge in [-0.05, 0) is 31.2 Å². The maximum atomic E-state index is 3.39. The van der Waals surface area contributed by atoms with Gasteiger partial charge in [0.05, 0.1) is 0 Å². The summed E-state index contributed by atoms with van der Waals surface area (Å²) in [5.41, 5.74) is 4.00. The molecule has 1 saturated heterocycles. The largest absolute Gasteiger partial charge is 0.361 e. The van der Waals surface area contributed by atoms with Crippen molar-refractivity contribution in [2.24, 2.45) is 0 Å². The highest BCUT2D eigenvalue weighted by molar-refractivity contribution is 5.83. The molecule has 1 aromatic carbocycles. The SMILES string of the molecule is Cc1ccc2c(CN3CCN(C)CC3)c[nH]c2c1. The highest BCUT2D eigenvalue weighted by Gasteiger charge is 2.15. The first-order valence-electron chi connectivity index (χ1n) is 6.70. The van der Waals surface area contributed by atoms with Crippen molar-refractivity contribution in [3.05, 3.63) is 35.5 Å². The van der Waals surface area contributed by atoms with Crippen molar-refractivity contribution in [3.63, 3.8) is 0 Å². The molecule has 0 aliphatic carbocycles. The molecule has 0 radical (unpaired) electrons. The minimum Gasteiger partial charge on any atom is -0.361 e. The van der Waals surface area contributed by atoms with Crippen LogP contribution in [0.4, 0.5) is 0 Å². The molecule has 0 atom stereocenters. The van der Waals surface area contributed by atoms with Gasteiger partial charge in [0.25, 0.3) is 0 Å². The van der Waals surface area contributed by atoms with Crippen molar-refractivity contribution < 1.29 is 0 Å². The number of benzene rings is 1. The fourth-order valence-electron chi connectivity index (χ4n) is 2.68. The molecule has 1 N–H and O–H groups in total. The third-order valence-corrected chi connectivity index (χ3v) is 3.91. The zero-order chi connectivity index (χ0) is 12.5. The number of rotatable bonds is 2. The van der Waals surface area contributed by atoms with E-state index in [-0.39, 0.29) is 0 Å². The van der Waals surface area contributed by atoms with Gasteiger partial charge in [-0.25, -0.2) is 0 Å². The van der Waals surface area contributed by atoms with Crippen LogP contribution in [-0.4, -0.2) is 48.0 Å². The van der Waals surface area contributed by atoms with Crippen LogP contribution in [0.25, 0.3) is 10.9 Å². The topological polar surface area (TPSA) is 22.3 Å². The van der Waals surface area contributed by atoms with Crippen LogP contribution in [-0.2, 0) is 6.54 Å². The van der Waals surface area contributed by atoms with Crippen molar-refractivity contribution in [2.75, 3.05) is 33.2 Å². The van der Waals surface area contributed by atoms with Gasteiger partial charge in [-0.2, -0.15) is 0 Å². The number of aromatic nitrogens is 1. The number of piperazine rings is 1. The second-order valence-corrected chi connectivity index (χ2v) is 5.44. The van der Waals surface area contributed by atoms with Gasteiger partial charge < -0.3 is 9.88 Å². The molecule has 0 saturated carbocycles. The molecule has 1 aliphatic rings. The van der Waals surface area contributed by atoms with Crippen LogP contribution in [0.15, 0.2) is 24.4 Å². The molecule has 2 aromatic rings. The molecule has 1 aromatic heterocycles. The lowest BCUT2D eigenvalue weighted by Gasteiger charge is -2.32. The molecule has 18 heavy (non-hydrogen) atoms. The Bertz CT molecular complexity index is 536. The minimum absolute atomic E-state index is 1.07. The second-order valence-electron chi connectivity index (χ2n) is 5.44. The average molecular weight is 243 g/mol. The van der Waals surface area contributed by atoms with Gasteiger partial charge in [0, 0.05) is 49.8 Å². The summed E-state index contributed by atoms with van der Waals surface area (Å²) in [5.74, 6) is 0. The summed E-state index contributed by atoms with van der Waals surface area (Å²) in [5, 5.41) is 1.37. The molecule has 1 fully saturated rings. The van der Waals surface area contributed by atoms with E-state index in [1.54, 1.807) is 0 Å². The summed E-state index contributed by atoms with van der Waals surface area (Å²) in [6, 6.07) is 6.67. The van der Waals surface area contributed by atoms with E-state index in [0.717, 1.165) is 6.54 Å². The Balaban J connectivity index is 1.78. The summed E-state index contributed by atoms with van der Waals surface area (Å²) in [6.45, 7) is 7.92. The first-order valence-corrected chi connectivity index (χ1v) is 6.70. The number of nitrogens with one attached hydrogen (secondary N) is 1. The third-order valence-electron chi connectivity index (χ3n) is 3.91. The van der Waals surface area contributed by atoms with E-state index < -0.39 is 0 Å². The van der Waals surface area contributed by atoms with Crippen LogP contribution < -0.4 is 0 Å². The Kier molecular flexibility index (Phi) is 3.10. The standard InChI is InChI=1S/C15H21N3/c1-12-3-4-14-13(10-16-15(14)9-12)11-18-7-5-17(2)6-8-18/h3-4,9-10,16H,5-8,11H2,1-2H3. The first kappa shape index (κ1) is 11.8. The fraction of sp³-hybridized carbons (Fsp3) is 0.467. The van der Waals surface area contributed by atoms with E-state index in [1.807, 2.05) is 0 Å². The minimum atomic E-state index is 1.07. The normalized spacial score (nSPS) is 18.6. The van der Waals surface area contributed by atoms with Crippen LogP contribution in [0.2, 0.25) is 0 Å². The van der Waals surface area contributed by atoms with Gasteiger partial charge in [0.1, 0.15) is 0 Å². The van der Waals surface area contributed by atoms with Crippen LogP contribution in [0, 0.1) is 6.92 Å². The number of hydrogen-bond donors (Lipinski definition) is 1. The van der Waals surface area contributed by atoms with E-state index in [1.165, 1.54) is 48.2 Å². The van der Waals surface area contributed by atoms with Crippen molar-refractivity contribution in [3.8, 4) is 0 Å². The van der Waals surface area contributed by atoms with Crippen molar-refractivity contribution >= 4 is 10.9 Å². The lowest BCUT2D eigenvalue weighted by molar-refractivity contribution is 0.148. The monoisotopic (exact) mass is 243 g/mol. The Hall–Kier alpha value is -1.32. The van der Waals surface area contributed by atoms with Crippen LogP contribution in [0.1, 0.15) is 11.1 Å². The molecule has 3 nitrogen and oxygen atoms in total. The summed E-state index contributed by atoms with van der Waals surface area (Å²) in [4.78, 5) is 8.33. The van der Waals surface area contributed by atoms with Gasteiger partial charge >= 0.3 is 0 Å². The number of aryl methyl sites for hydroxylation is 1. The number of fused-ring (bicyclic) bond motifs is 1. The van der Waals surface area contributed by atoms with E-state index in [0.29, 0.717) is 0 Å². The quantitative estimate of drug-likeness (QED) is 0.874. The van der Waals surface area contributed by atoms with Crippen LogP contribution >= 0.6 is 0 Å². The molecule has 1 aliphatic heterocycles. The zero-order valence-corrected chi connectivity index (χ0v) is 11.2. The molecular weight excluding hydrogens is 222 g/mol. The Morgan fingerprint density at radius 2 is 1.94 bits per heavy atom. The lowest BCUT2D eigenvalue weighted by atomic mass is 10.1. The van der Waals surface area contributed by atoms with E-state index in [4.69, 9.17) is 0 Å². The van der Waals surface area contributed by atoms with E-state index >= 15 is 0 Å². The molecule has 0 spiro atoms. The maximum Gasteiger partial charge on any atom is 0.0459 e. The second kappa shape index (κ2) is 4.75. The van der Waals surface area contributed by atoms with Gasteiger partial charge in [-0.15, -0.1) is 0 Å². The van der Waals surface area contributed by atoms with Gasteiger partial charge in [0.15, 0.2) is 0 Å². The van der Waals surface area contributed by atoms with Crippen molar-refractivity contribution in [1.29, 1.82) is 0 Å². The van der Waals surface area contributed by atoms with Gasteiger partial charge in [0.2, 0.25) is 0 Å². The molecule has 3 rings (SSSR count). The highest BCUT2D eigenvalue weighted by atomic mass is 15.2. The Morgan fingerprint density at radius 1 is 1.17 bits per heavy atom. The number of aromatic amines is 1. The predicted octanol–water partition coefficient (Wildman–Crippen LogP) is 2.22. The summed E-state index contributed by atoms with van der Waals surface area (Å²) in [7, 11) is 2.20. The third kappa shape index (κ3) is 2.28. The smallest absolute Gasteiger partial charge is 0.0459 e. The number of nitrogens with zero attached hydrogens (tertiary/aromatic N) is 2. The van der Waals surface area contributed by atoms with Gasteiger partial charge in [-0.1, -0.05) is 12.1 Å². The summed E-state index contributed by atoms with van der Waals surface area (Å²) >= 11 is 0.